The summed E-state index contributed by atoms with van der Waals surface area (Å²) in [5.74, 6) is 0.0853. The van der Waals surface area contributed by atoms with Crippen LogP contribution in [0.25, 0.3) is 0 Å². The highest BCUT2D eigenvalue weighted by molar-refractivity contribution is 5.84. The average molecular weight is 315 g/mol. The minimum atomic E-state index is -0.556. The highest BCUT2D eigenvalue weighted by atomic mass is 16.6. The van der Waals surface area contributed by atoms with Gasteiger partial charge in [-0.1, -0.05) is 37.3 Å². The minimum absolute atomic E-state index is 0.0133. The Morgan fingerprint density at radius 2 is 1.78 bits per heavy atom. The van der Waals surface area contributed by atoms with Crippen LogP contribution in [0.15, 0.2) is 54.6 Å². The number of nitrogens with one attached hydrogen (secondary N) is 1. The number of amides is 1. The second-order valence-electron chi connectivity index (χ2n) is 5.40. The van der Waals surface area contributed by atoms with Crippen molar-refractivity contribution in [3.05, 3.63) is 60.2 Å². The number of benzene rings is 2. The van der Waals surface area contributed by atoms with E-state index in [1.165, 1.54) is 0 Å². The van der Waals surface area contributed by atoms with Gasteiger partial charge in [0.1, 0.15) is 11.9 Å². The second-order valence-corrected chi connectivity index (χ2v) is 5.40. The molecule has 0 fully saturated rings. The minimum Gasteiger partial charge on any atom is -0.508 e. The summed E-state index contributed by atoms with van der Waals surface area (Å²) in [6.45, 7) is 1.92. The predicted octanol–water partition coefficient (Wildman–Crippen LogP) is 3.70. The molecule has 2 aromatic rings. The SMILES string of the molecule is C[C@H](CCO)[C@@H](OC(=O)Nc1ccccc1)c1ccc(O)cc1. The van der Waals surface area contributed by atoms with Gasteiger partial charge in [-0.25, -0.2) is 4.79 Å². The zero-order chi connectivity index (χ0) is 16.7. The molecular formula is C18H21NO4. The fourth-order valence-electron chi connectivity index (χ4n) is 2.32. The molecule has 0 bridgehead atoms. The molecular weight excluding hydrogens is 294 g/mol. The van der Waals surface area contributed by atoms with Crippen LogP contribution >= 0.6 is 0 Å². The maximum Gasteiger partial charge on any atom is 0.412 e. The maximum atomic E-state index is 12.1. The molecule has 5 heteroatoms. The number of rotatable bonds is 6. The van der Waals surface area contributed by atoms with Gasteiger partial charge in [-0.2, -0.15) is 0 Å². The summed E-state index contributed by atoms with van der Waals surface area (Å²) in [6.07, 6.45) is -0.560. The van der Waals surface area contributed by atoms with Gasteiger partial charge in [-0.15, -0.1) is 0 Å². The van der Waals surface area contributed by atoms with E-state index in [0.717, 1.165) is 5.56 Å². The lowest BCUT2D eigenvalue weighted by Gasteiger charge is -2.24. The first-order valence-corrected chi connectivity index (χ1v) is 7.52. The third kappa shape index (κ3) is 5.00. The van der Waals surface area contributed by atoms with Crippen molar-refractivity contribution in [2.24, 2.45) is 5.92 Å². The highest BCUT2D eigenvalue weighted by Crippen LogP contribution is 2.29. The summed E-state index contributed by atoms with van der Waals surface area (Å²) in [4.78, 5) is 12.1. The molecule has 0 spiro atoms. The molecule has 0 saturated heterocycles. The molecule has 0 heterocycles. The van der Waals surface area contributed by atoms with Crippen LogP contribution in [0.3, 0.4) is 0 Å². The van der Waals surface area contributed by atoms with Crippen LogP contribution < -0.4 is 5.32 Å². The number of carbonyl (C=O) groups excluding carboxylic acids is 1. The number of aliphatic hydroxyl groups is 1. The zero-order valence-electron chi connectivity index (χ0n) is 13.0. The van der Waals surface area contributed by atoms with Gasteiger partial charge in [-0.05, 0) is 42.2 Å². The molecule has 23 heavy (non-hydrogen) atoms. The van der Waals surface area contributed by atoms with E-state index >= 15 is 0 Å². The van der Waals surface area contributed by atoms with E-state index in [1.807, 2.05) is 25.1 Å². The Hall–Kier alpha value is -2.53. The predicted molar refractivity (Wildman–Crippen MR) is 88.3 cm³/mol. The van der Waals surface area contributed by atoms with E-state index in [0.29, 0.717) is 12.1 Å². The first-order valence-electron chi connectivity index (χ1n) is 7.52. The number of hydrogen-bond acceptors (Lipinski definition) is 4. The summed E-state index contributed by atoms with van der Waals surface area (Å²) in [7, 11) is 0. The Balaban J connectivity index is 2.10. The number of ether oxygens (including phenoxy) is 1. The molecule has 1 amide bonds. The Morgan fingerprint density at radius 1 is 1.13 bits per heavy atom. The monoisotopic (exact) mass is 315 g/mol. The molecule has 3 N–H and O–H groups in total. The van der Waals surface area contributed by atoms with Crippen molar-refractivity contribution in [3.8, 4) is 5.75 Å². The summed E-state index contributed by atoms with van der Waals surface area (Å²) in [6, 6.07) is 15.6. The molecule has 0 radical (unpaired) electrons. The number of aromatic hydroxyl groups is 1. The van der Waals surface area contributed by atoms with E-state index in [1.54, 1.807) is 36.4 Å². The van der Waals surface area contributed by atoms with Crippen molar-refractivity contribution in [1.82, 2.24) is 0 Å². The number of aliphatic hydroxyl groups excluding tert-OH is 1. The van der Waals surface area contributed by atoms with E-state index in [2.05, 4.69) is 5.32 Å². The van der Waals surface area contributed by atoms with Crippen molar-refractivity contribution < 1.29 is 19.7 Å². The molecule has 122 valence electrons. The normalized spacial score (nSPS) is 13.1. The fraction of sp³-hybridized carbons (Fsp3) is 0.278. The summed E-state index contributed by atoms with van der Waals surface area (Å²) >= 11 is 0. The van der Waals surface area contributed by atoms with Crippen LogP contribution in [0.4, 0.5) is 10.5 Å². The molecule has 0 aliphatic rings. The fourth-order valence-corrected chi connectivity index (χ4v) is 2.32. The second kappa shape index (κ2) is 8.19. The van der Waals surface area contributed by atoms with Crippen LogP contribution in [0.2, 0.25) is 0 Å². The van der Waals surface area contributed by atoms with E-state index in [9.17, 15) is 9.90 Å². The molecule has 2 rings (SSSR count). The number of hydrogen-bond donors (Lipinski definition) is 3. The van der Waals surface area contributed by atoms with Gasteiger partial charge in [0.25, 0.3) is 0 Å². The van der Waals surface area contributed by atoms with Crippen LogP contribution in [0.5, 0.6) is 5.75 Å². The number of phenols is 1. The van der Waals surface area contributed by atoms with Crippen LogP contribution in [-0.4, -0.2) is 22.9 Å². The van der Waals surface area contributed by atoms with Crippen LogP contribution in [0, 0.1) is 5.92 Å². The quantitative estimate of drug-likeness (QED) is 0.759. The average Bonchev–Trinajstić information content (AvgIpc) is 2.55. The van der Waals surface area contributed by atoms with Gasteiger partial charge in [0.05, 0.1) is 0 Å². The highest BCUT2D eigenvalue weighted by Gasteiger charge is 2.23. The molecule has 0 unspecified atom stereocenters. The lowest BCUT2D eigenvalue weighted by molar-refractivity contribution is 0.0667. The Bertz CT molecular complexity index is 613. The lowest BCUT2D eigenvalue weighted by atomic mass is 9.94. The van der Waals surface area contributed by atoms with Crippen molar-refractivity contribution in [2.75, 3.05) is 11.9 Å². The number of anilines is 1. The van der Waals surface area contributed by atoms with Gasteiger partial charge >= 0.3 is 6.09 Å². The van der Waals surface area contributed by atoms with Gasteiger partial charge in [0, 0.05) is 12.3 Å². The van der Waals surface area contributed by atoms with Crippen LogP contribution in [-0.2, 0) is 4.74 Å². The van der Waals surface area contributed by atoms with E-state index < -0.39 is 12.2 Å². The topological polar surface area (TPSA) is 78.8 Å². The number of para-hydroxylation sites is 1. The number of phenolic OH excluding ortho intramolecular Hbond substituents is 1. The van der Waals surface area contributed by atoms with Gasteiger partial charge in [0.2, 0.25) is 0 Å². The zero-order valence-corrected chi connectivity index (χ0v) is 13.0. The maximum absolute atomic E-state index is 12.1. The van der Waals surface area contributed by atoms with Crippen molar-refractivity contribution >= 4 is 11.8 Å². The van der Waals surface area contributed by atoms with Crippen molar-refractivity contribution in [1.29, 1.82) is 0 Å². The van der Waals surface area contributed by atoms with Crippen molar-refractivity contribution in [2.45, 2.75) is 19.4 Å². The van der Waals surface area contributed by atoms with Crippen LogP contribution in [0.1, 0.15) is 25.0 Å². The largest absolute Gasteiger partial charge is 0.508 e. The standard InChI is InChI=1S/C18H21NO4/c1-13(11-12-20)17(14-7-9-16(21)10-8-14)23-18(22)19-15-5-3-2-4-6-15/h2-10,13,17,20-21H,11-12H2,1H3,(H,19,22)/t13-,17-/m1/s1. The van der Waals surface area contributed by atoms with Crippen molar-refractivity contribution in [3.63, 3.8) is 0 Å². The third-order valence-corrected chi connectivity index (χ3v) is 3.58. The Morgan fingerprint density at radius 3 is 2.39 bits per heavy atom. The Kier molecular flexibility index (Phi) is 6.00. The Labute approximate surface area is 135 Å². The first kappa shape index (κ1) is 16.8. The molecule has 2 aromatic carbocycles. The van der Waals surface area contributed by atoms with E-state index in [4.69, 9.17) is 9.84 Å². The summed E-state index contributed by atoms with van der Waals surface area (Å²) in [5, 5.41) is 21.2. The summed E-state index contributed by atoms with van der Waals surface area (Å²) < 4.78 is 5.55. The van der Waals surface area contributed by atoms with Gasteiger partial charge in [-0.3, -0.25) is 5.32 Å². The van der Waals surface area contributed by atoms with Gasteiger partial charge in [0.15, 0.2) is 0 Å². The first-order chi connectivity index (χ1) is 11.1. The summed E-state index contributed by atoms with van der Waals surface area (Å²) in [5.41, 5.74) is 1.42. The number of carbonyl (C=O) groups is 1. The molecule has 0 aliphatic carbocycles. The molecule has 0 aromatic heterocycles. The molecule has 0 aliphatic heterocycles. The van der Waals surface area contributed by atoms with Gasteiger partial charge < -0.3 is 14.9 Å². The third-order valence-electron chi connectivity index (χ3n) is 3.58. The lowest BCUT2D eigenvalue weighted by Crippen LogP contribution is -2.22. The molecule has 0 saturated carbocycles. The molecule has 5 nitrogen and oxygen atoms in total. The molecule has 2 atom stereocenters. The smallest absolute Gasteiger partial charge is 0.412 e. The van der Waals surface area contributed by atoms with E-state index in [-0.39, 0.29) is 18.3 Å².